The Balaban J connectivity index is 1.90. The lowest BCUT2D eigenvalue weighted by Crippen LogP contribution is -2.26. The Morgan fingerprint density at radius 3 is 2.40 bits per heavy atom. The van der Waals surface area contributed by atoms with Crippen molar-refractivity contribution in [2.75, 3.05) is 13.2 Å². The fraction of sp³-hybridized carbons (Fsp3) is 0.571. The molecule has 0 aromatic heterocycles. The van der Waals surface area contributed by atoms with Gasteiger partial charge in [0.1, 0.15) is 5.82 Å². The fourth-order valence-electron chi connectivity index (χ4n) is 1.83. The Hall–Kier alpha value is -1.14. The van der Waals surface area contributed by atoms with Crippen LogP contribution in [0.15, 0.2) is 24.3 Å². The molecule has 1 saturated carbocycles. The number of nitrogens with one attached hydrogen (secondary N) is 1. The van der Waals surface area contributed by atoms with Crippen molar-refractivity contribution in [2.45, 2.75) is 37.6 Å². The highest BCUT2D eigenvalue weighted by Crippen LogP contribution is 2.24. The molecule has 1 aromatic rings. The second-order valence-electron chi connectivity index (χ2n) is 4.96. The number of rotatable bonds is 7. The Morgan fingerprint density at radius 1 is 1.20 bits per heavy atom. The lowest BCUT2D eigenvalue weighted by molar-refractivity contribution is -0.149. The Morgan fingerprint density at radius 2 is 1.85 bits per heavy atom. The van der Waals surface area contributed by atoms with Gasteiger partial charge >= 0.3 is 6.18 Å². The van der Waals surface area contributed by atoms with E-state index in [1.165, 1.54) is 12.1 Å². The van der Waals surface area contributed by atoms with Gasteiger partial charge in [-0.25, -0.2) is 4.39 Å². The number of ether oxygens (including phenoxy) is 1. The van der Waals surface area contributed by atoms with Gasteiger partial charge in [-0.15, -0.1) is 0 Å². The molecule has 0 spiro atoms. The van der Waals surface area contributed by atoms with Crippen molar-refractivity contribution in [1.29, 1.82) is 0 Å². The first-order valence-corrected chi connectivity index (χ1v) is 6.61. The fourth-order valence-corrected chi connectivity index (χ4v) is 1.83. The van der Waals surface area contributed by atoms with E-state index in [-0.39, 0.29) is 5.82 Å². The highest BCUT2D eigenvalue weighted by Gasteiger charge is 2.28. The van der Waals surface area contributed by atoms with E-state index in [2.05, 4.69) is 5.32 Å². The van der Waals surface area contributed by atoms with E-state index in [9.17, 15) is 17.6 Å². The minimum Gasteiger partial charge on any atom is -0.372 e. The van der Waals surface area contributed by atoms with Crippen molar-refractivity contribution in [3.63, 3.8) is 0 Å². The van der Waals surface area contributed by atoms with Gasteiger partial charge in [-0.05, 0) is 30.5 Å². The smallest absolute Gasteiger partial charge is 0.372 e. The molecule has 2 nitrogen and oxygen atoms in total. The molecule has 0 amide bonds. The summed E-state index contributed by atoms with van der Waals surface area (Å²) in [7, 11) is 0. The van der Waals surface area contributed by atoms with Crippen LogP contribution in [0.1, 0.15) is 30.9 Å². The van der Waals surface area contributed by atoms with Crippen molar-refractivity contribution < 1.29 is 22.3 Å². The van der Waals surface area contributed by atoms with E-state index in [1.54, 1.807) is 12.1 Å². The van der Waals surface area contributed by atoms with Crippen LogP contribution in [0.5, 0.6) is 0 Å². The first kappa shape index (κ1) is 15.3. The zero-order valence-corrected chi connectivity index (χ0v) is 10.9. The molecule has 1 aliphatic carbocycles. The predicted octanol–water partition coefficient (Wildman–Crippen LogP) is 3.59. The van der Waals surface area contributed by atoms with Crippen LogP contribution < -0.4 is 5.32 Å². The van der Waals surface area contributed by atoms with Gasteiger partial charge in [0.2, 0.25) is 0 Å². The standard InChI is InChI=1S/C14H17F4NO/c15-11-3-1-10(2-4-11)13(9-19-12-5-6-12)20-8-7-14(16,17)18/h1-4,12-13,19H,5-9H2. The normalized spacial score (nSPS) is 17.2. The number of hydrogen-bond donors (Lipinski definition) is 1. The minimum atomic E-state index is -4.22. The Bertz CT molecular complexity index is 414. The molecule has 20 heavy (non-hydrogen) atoms. The van der Waals surface area contributed by atoms with E-state index in [0.717, 1.165) is 12.8 Å². The molecule has 0 radical (unpaired) electrons. The van der Waals surface area contributed by atoms with Crippen LogP contribution in [0.25, 0.3) is 0 Å². The predicted molar refractivity (Wildman–Crippen MR) is 66.8 cm³/mol. The van der Waals surface area contributed by atoms with Crippen LogP contribution in [-0.4, -0.2) is 25.4 Å². The molecule has 112 valence electrons. The number of benzene rings is 1. The summed E-state index contributed by atoms with van der Waals surface area (Å²) in [4.78, 5) is 0. The summed E-state index contributed by atoms with van der Waals surface area (Å²) >= 11 is 0. The highest BCUT2D eigenvalue weighted by molar-refractivity contribution is 5.19. The SMILES string of the molecule is Fc1ccc(C(CNC2CC2)OCCC(F)(F)F)cc1. The summed E-state index contributed by atoms with van der Waals surface area (Å²) in [6.45, 7) is 0.0477. The van der Waals surface area contributed by atoms with Gasteiger partial charge in [0.25, 0.3) is 0 Å². The van der Waals surface area contributed by atoms with Crippen molar-refractivity contribution >= 4 is 0 Å². The molecular formula is C14H17F4NO. The zero-order valence-electron chi connectivity index (χ0n) is 10.9. The highest BCUT2D eigenvalue weighted by atomic mass is 19.4. The molecule has 6 heteroatoms. The average Bonchev–Trinajstić information content (AvgIpc) is 3.17. The molecule has 2 rings (SSSR count). The maximum absolute atomic E-state index is 12.9. The summed E-state index contributed by atoms with van der Waals surface area (Å²) in [6, 6.07) is 6.09. The van der Waals surface area contributed by atoms with E-state index in [4.69, 9.17) is 4.74 Å². The van der Waals surface area contributed by atoms with E-state index in [1.807, 2.05) is 0 Å². The van der Waals surface area contributed by atoms with Crippen LogP contribution in [-0.2, 0) is 4.74 Å². The van der Waals surface area contributed by atoms with Crippen LogP contribution in [0.2, 0.25) is 0 Å². The van der Waals surface area contributed by atoms with Gasteiger partial charge in [-0.2, -0.15) is 13.2 Å². The number of alkyl halides is 3. The molecule has 0 bridgehead atoms. The summed E-state index contributed by atoms with van der Waals surface area (Å²) in [5, 5.41) is 3.22. The van der Waals surface area contributed by atoms with Crippen molar-refractivity contribution in [2.24, 2.45) is 0 Å². The second kappa shape index (κ2) is 6.54. The monoisotopic (exact) mass is 291 g/mol. The second-order valence-corrected chi connectivity index (χ2v) is 4.96. The largest absolute Gasteiger partial charge is 0.391 e. The molecule has 0 saturated heterocycles. The molecule has 1 fully saturated rings. The Kier molecular flexibility index (Phi) is 4.99. The minimum absolute atomic E-state index is 0.377. The summed E-state index contributed by atoms with van der Waals surface area (Å²) in [6.07, 6.45) is -3.53. The van der Waals surface area contributed by atoms with Crippen LogP contribution in [0.3, 0.4) is 0 Å². The first-order valence-electron chi connectivity index (χ1n) is 6.61. The van der Waals surface area contributed by atoms with Gasteiger partial charge in [0.15, 0.2) is 0 Å². The average molecular weight is 291 g/mol. The lowest BCUT2D eigenvalue weighted by atomic mass is 10.1. The summed E-state index contributed by atoms with van der Waals surface area (Å²) in [5.41, 5.74) is 0.682. The van der Waals surface area contributed by atoms with Crippen molar-refractivity contribution in [1.82, 2.24) is 5.32 Å². The topological polar surface area (TPSA) is 21.3 Å². The van der Waals surface area contributed by atoms with Gasteiger partial charge in [0.05, 0.1) is 19.1 Å². The molecule has 1 aromatic carbocycles. The molecule has 1 unspecified atom stereocenters. The molecule has 0 aliphatic heterocycles. The summed E-state index contributed by atoms with van der Waals surface area (Å²) in [5.74, 6) is -0.377. The third-order valence-corrected chi connectivity index (χ3v) is 3.12. The quantitative estimate of drug-likeness (QED) is 0.775. The molecule has 1 aliphatic rings. The van der Waals surface area contributed by atoms with Gasteiger partial charge in [0, 0.05) is 12.6 Å². The van der Waals surface area contributed by atoms with Crippen molar-refractivity contribution in [3.8, 4) is 0 Å². The van der Waals surface area contributed by atoms with Crippen LogP contribution >= 0.6 is 0 Å². The van der Waals surface area contributed by atoms with E-state index in [0.29, 0.717) is 18.2 Å². The van der Waals surface area contributed by atoms with Crippen LogP contribution in [0, 0.1) is 5.82 Å². The maximum Gasteiger partial charge on any atom is 0.391 e. The molecule has 0 heterocycles. The first-order chi connectivity index (χ1) is 9.44. The van der Waals surface area contributed by atoms with Crippen molar-refractivity contribution in [3.05, 3.63) is 35.6 Å². The molecular weight excluding hydrogens is 274 g/mol. The zero-order chi connectivity index (χ0) is 14.6. The number of halogens is 4. The number of hydrogen-bond acceptors (Lipinski definition) is 2. The summed E-state index contributed by atoms with van der Waals surface area (Å²) < 4.78 is 54.6. The molecule has 1 N–H and O–H groups in total. The van der Waals surface area contributed by atoms with Gasteiger partial charge < -0.3 is 10.1 Å². The maximum atomic E-state index is 12.9. The molecule has 1 atom stereocenters. The van der Waals surface area contributed by atoms with E-state index < -0.39 is 25.3 Å². The third-order valence-electron chi connectivity index (χ3n) is 3.12. The van der Waals surface area contributed by atoms with Crippen LogP contribution in [0.4, 0.5) is 17.6 Å². The third kappa shape index (κ3) is 5.46. The Labute approximate surface area is 115 Å². The van der Waals surface area contributed by atoms with Gasteiger partial charge in [-0.3, -0.25) is 0 Å². The van der Waals surface area contributed by atoms with E-state index >= 15 is 0 Å². The lowest BCUT2D eigenvalue weighted by Gasteiger charge is -2.19. The van der Waals surface area contributed by atoms with Gasteiger partial charge in [-0.1, -0.05) is 12.1 Å².